The molecule has 1 aliphatic rings. The molecule has 0 spiro atoms. The summed E-state index contributed by atoms with van der Waals surface area (Å²) in [4.78, 5) is 13.7. The molecular weight excluding hydrogens is 162 g/mol. The Morgan fingerprint density at radius 1 is 1.15 bits per heavy atom. The van der Waals surface area contributed by atoms with Gasteiger partial charge in [0.15, 0.2) is 0 Å². The largest absolute Gasteiger partial charge is 0.329 e. The van der Waals surface area contributed by atoms with Crippen LogP contribution in [0.4, 0.5) is 0 Å². The summed E-state index contributed by atoms with van der Waals surface area (Å²) in [6.07, 6.45) is 0. The van der Waals surface area contributed by atoms with Crippen LogP contribution in [0.2, 0.25) is 0 Å². The van der Waals surface area contributed by atoms with Gasteiger partial charge in [-0.3, -0.25) is 4.79 Å². The van der Waals surface area contributed by atoms with Gasteiger partial charge in [-0.25, -0.2) is 0 Å². The van der Waals surface area contributed by atoms with Crippen molar-refractivity contribution in [1.82, 2.24) is 4.90 Å². The SMILES string of the molecule is C[C@@H]1[C@H](C)N1C(=O)c1ccccc1. The lowest BCUT2D eigenvalue weighted by atomic mass is 10.2. The Kier molecular flexibility index (Phi) is 1.83. The summed E-state index contributed by atoms with van der Waals surface area (Å²) in [5.41, 5.74) is 0.790. The van der Waals surface area contributed by atoms with Crippen molar-refractivity contribution in [3.63, 3.8) is 0 Å². The van der Waals surface area contributed by atoms with Gasteiger partial charge in [0, 0.05) is 17.6 Å². The van der Waals surface area contributed by atoms with Crippen LogP contribution in [0.5, 0.6) is 0 Å². The van der Waals surface area contributed by atoms with Gasteiger partial charge in [0.25, 0.3) is 5.91 Å². The molecule has 1 amide bonds. The van der Waals surface area contributed by atoms with Crippen LogP contribution in [0.15, 0.2) is 30.3 Å². The van der Waals surface area contributed by atoms with Crippen LogP contribution in [-0.4, -0.2) is 22.9 Å². The monoisotopic (exact) mass is 175 g/mol. The highest BCUT2D eigenvalue weighted by Crippen LogP contribution is 2.28. The Bertz CT molecular complexity index is 312. The van der Waals surface area contributed by atoms with Crippen molar-refractivity contribution in [3.8, 4) is 0 Å². The molecule has 68 valence electrons. The summed E-state index contributed by atoms with van der Waals surface area (Å²) in [6, 6.07) is 10.3. The molecule has 1 aliphatic heterocycles. The van der Waals surface area contributed by atoms with E-state index in [1.165, 1.54) is 0 Å². The highest BCUT2D eigenvalue weighted by Gasteiger charge is 2.43. The van der Waals surface area contributed by atoms with Crippen molar-refractivity contribution in [2.75, 3.05) is 0 Å². The molecule has 1 aromatic carbocycles. The van der Waals surface area contributed by atoms with E-state index >= 15 is 0 Å². The van der Waals surface area contributed by atoms with E-state index in [9.17, 15) is 4.79 Å². The highest BCUT2D eigenvalue weighted by molar-refractivity contribution is 5.96. The van der Waals surface area contributed by atoms with Gasteiger partial charge in [0.2, 0.25) is 0 Å². The predicted molar refractivity (Wildman–Crippen MR) is 51.5 cm³/mol. The molecule has 1 fully saturated rings. The minimum atomic E-state index is 0.153. The van der Waals surface area contributed by atoms with E-state index in [1.54, 1.807) is 0 Å². The maximum atomic E-state index is 11.8. The predicted octanol–water partition coefficient (Wildman–Crippen LogP) is 1.92. The number of hydrogen-bond acceptors (Lipinski definition) is 1. The molecule has 0 saturated carbocycles. The zero-order valence-corrected chi connectivity index (χ0v) is 7.90. The van der Waals surface area contributed by atoms with Crippen LogP contribution < -0.4 is 0 Å². The summed E-state index contributed by atoms with van der Waals surface area (Å²) in [7, 11) is 0. The van der Waals surface area contributed by atoms with E-state index in [0.29, 0.717) is 12.1 Å². The topological polar surface area (TPSA) is 20.1 Å². The molecule has 2 rings (SSSR count). The van der Waals surface area contributed by atoms with E-state index in [1.807, 2.05) is 35.2 Å². The van der Waals surface area contributed by atoms with Gasteiger partial charge in [-0.1, -0.05) is 18.2 Å². The van der Waals surface area contributed by atoms with Gasteiger partial charge in [0.1, 0.15) is 0 Å². The first-order valence-electron chi connectivity index (χ1n) is 4.59. The number of carbonyl (C=O) groups excluding carboxylic acids is 1. The number of hydrogen-bond donors (Lipinski definition) is 0. The average Bonchev–Trinajstić information content (AvgIpc) is 2.75. The van der Waals surface area contributed by atoms with Crippen LogP contribution in [0.25, 0.3) is 0 Å². The van der Waals surface area contributed by atoms with E-state index in [-0.39, 0.29) is 5.91 Å². The average molecular weight is 175 g/mol. The van der Waals surface area contributed by atoms with Crippen LogP contribution in [0.1, 0.15) is 24.2 Å². The number of rotatable bonds is 1. The maximum absolute atomic E-state index is 11.8. The molecule has 1 aromatic rings. The van der Waals surface area contributed by atoms with Crippen molar-refractivity contribution in [2.45, 2.75) is 25.9 Å². The molecule has 2 heteroatoms. The normalized spacial score (nSPS) is 25.8. The number of nitrogens with zero attached hydrogens (tertiary/aromatic N) is 1. The highest BCUT2D eigenvalue weighted by atomic mass is 16.2. The summed E-state index contributed by atoms with van der Waals surface area (Å²) >= 11 is 0. The Morgan fingerprint density at radius 2 is 1.69 bits per heavy atom. The van der Waals surface area contributed by atoms with E-state index in [4.69, 9.17) is 0 Å². The van der Waals surface area contributed by atoms with E-state index in [0.717, 1.165) is 5.56 Å². The number of amides is 1. The van der Waals surface area contributed by atoms with Crippen molar-refractivity contribution in [2.24, 2.45) is 0 Å². The minimum Gasteiger partial charge on any atom is -0.329 e. The third kappa shape index (κ3) is 1.32. The molecule has 0 aliphatic carbocycles. The second-order valence-electron chi connectivity index (χ2n) is 3.56. The Balaban J connectivity index is 2.16. The van der Waals surface area contributed by atoms with Crippen LogP contribution in [0, 0.1) is 0 Å². The van der Waals surface area contributed by atoms with Gasteiger partial charge < -0.3 is 4.90 Å². The van der Waals surface area contributed by atoms with Crippen molar-refractivity contribution in [1.29, 1.82) is 0 Å². The van der Waals surface area contributed by atoms with E-state index < -0.39 is 0 Å². The quantitative estimate of drug-likeness (QED) is 0.597. The van der Waals surface area contributed by atoms with Gasteiger partial charge in [-0.15, -0.1) is 0 Å². The standard InChI is InChI=1S/C11H13NO/c1-8-9(2)12(8)11(13)10-6-4-3-5-7-10/h3-9H,1-2H3/t8-,9+,12?. The molecule has 13 heavy (non-hydrogen) atoms. The molecule has 0 aromatic heterocycles. The fourth-order valence-corrected chi connectivity index (χ4v) is 1.60. The first-order valence-corrected chi connectivity index (χ1v) is 4.59. The summed E-state index contributed by atoms with van der Waals surface area (Å²) in [5, 5.41) is 0. The van der Waals surface area contributed by atoms with Gasteiger partial charge in [-0.2, -0.15) is 0 Å². The van der Waals surface area contributed by atoms with Crippen LogP contribution >= 0.6 is 0 Å². The smallest absolute Gasteiger partial charge is 0.254 e. The van der Waals surface area contributed by atoms with Crippen molar-refractivity contribution >= 4 is 5.91 Å². The van der Waals surface area contributed by atoms with Crippen molar-refractivity contribution < 1.29 is 4.79 Å². The lowest BCUT2D eigenvalue weighted by molar-refractivity contribution is 0.0868. The summed E-state index contributed by atoms with van der Waals surface area (Å²) in [6.45, 7) is 4.15. The molecule has 1 saturated heterocycles. The lowest BCUT2D eigenvalue weighted by Crippen LogP contribution is -2.13. The third-order valence-electron chi connectivity index (χ3n) is 2.74. The van der Waals surface area contributed by atoms with E-state index in [2.05, 4.69) is 13.8 Å². The zero-order chi connectivity index (χ0) is 9.42. The fourth-order valence-electron chi connectivity index (χ4n) is 1.60. The molecule has 0 unspecified atom stereocenters. The number of benzene rings is 1. The molecule has 0 bridgehead atoms. The molecular formula is C11H13NO. The first kappa shape index (κ1) is 8.30. The maximum Gasteiger partial charge on any atom is 0.254 e. The van der Waals surface area contributed by atoms with Crippen LogP contribution in [-0.2, 0) is 0 Å². The third-order valence-corrected chi connectivity index (χ3v) is 2.74. The van der Waals surface area contributed by atoms with Crippen molar-refractivity contribution in [3.05, 3.63) is 35.9 Å². The zero-order valence-electron chi connectivity index (χ0n) is 7.90. The fraction of sp³-hybridized carbons (Fsp3) is 0.364. The molecule has 2 atom stereocenters. The number of carbonyl (C=O) groups is 1. The Morgan fingerprint density at radius 3 is 2.15 bits per heavy atom. The minimum absolute atomic E-state index is 0.153. The summed E-state index contributed by atoms with van der Waals surface area (Å²) in [5.74, 6) is 0.153. The lowest BCUT2D eigenvalue weighted by Gasteiger charge is -2.02. The van der Waals surface area contributed by atoms with Gasteiger partial charge >= 0.3 is 0 Å². The van der Waals surface area contributed by atoms with Crippen LogP contribution in [0.3, 0.4) is 0 Å². The molecule has 0 N–H and O–H groups in total. The molecule has 0 radical (unpaired) electrons. The molecule has 2 nitrogen and oxygen atoms in total. The second kappa shape index (κ2) is 2.87. The van der Waals surface area contributed by atoms with Gasteiger partial charge in [-0.05, 0) is 26.0 Å². The Hall–Kier alpha value is -1.31. The first-order chi connectivity index (χ1) is 6.22. The molecule has 1 heterocycles. The Labute approximate surface area is 78.2 Å². The van der Waals surface area contributed by atoms with Gasteiger partial charge in [0.05, 0.1) is 0 Å². The summed E-state index contributed by atoms with van der Waals surface area (Å²) < 4.78 is 0. The second-order valence-corrected chi connectivity index (χ2v) is 3.56.